The summed E-state index contributed by atoms with van der Waals surface area (Å²) in [6, 6.07) is 4.15. The Balaban J connectivity index is 1.44. The summed E-state index contributed by atoms with van der Waals surface area (Å²) in [4.78, 5) is 12.4. The van der Waals surface area contributed by atoms with Crippen molar-refractivity contribution in [2.45, 2.75) is 44.9 Å². The van der Waals surface area contributed by atoms with Crippen molar-refractivity contribution < 1.29 is 13.9 Å². The molecular formula is C19H22ClFN4O2. The molecule has 0 bridgehead atoms. The molecule has 0 unspecified atom stereocenters. The van der Waals surface area contributed by atoms with E-state index in [1.807, 2.05) is 10.7 Å². The standard InChI is InChI=1S/C19H22ClFN4O2/c1-11-8-13(20)17(14(21)9-11)24-19(26)23-15-5-7-27-18(15)16-4-6-22-25(16)10-12-2-3-12/h4,6,8-9,12,15,18H,2-3,5,7,10H2,1H3,(H2,23,24,26)/t15-,18-/m1/s1. The van der Waals surface area contributed by atoms with Crippen molar-refractivity contribution >= 4 is 23.3 Å². The minimum absolute atomic E-state index is 0.0194. The maximum Gasteiger partial charge on any atom is 0.319 e. The molecule has 2 aromatic rings. The highest BCUT2D eigenvalue weighted by atomic mass is 35.5. The van der Waals surface area contributed by atoms with Gasteiger partial charge >= 0.3 is 6.03 Å². The summed E-state index contributed by atoms with van der Waals surface area (Å²) >= 11 is 6.06. The van der Waals surface area contributed by atoms with Crippen LogP contribution in [-0.2, 0) is 11.3 Å². The molecule has 2 aliphatic rings. The molecular weight excluding hydrogens is 371 g/mol. The molecule has 2 fully saturated rings. The fourth-order valence-corrected chi connectivity index (χ4v) is 3.76. The van der Waals surface area contributed by atoms with Gasteiger partial charge in [-0.05, 0) is 55.9 Å². The molecule has 1 aliphatic carbocycles. The first kappa shape index (κ1) is 18.3. The third kappa shape index (κ3) is 4.09. The largest absolute Gasteiger partial charge is 0.370 e. The van der Waals surface area contributed by atoms with Crippen molar-refractivity contribution in [2.24, 2.45) is 5.92 Å². The molecule has 2 amide bonds. The zero-order valence-electron chi connectivity index (χ0n) is 15.0. The normalized spacial score (nSPS) is 22.0. The molecule has 0 spiro atoms. The van der Waals surface area contributed by atoms with Crippen LogP contribution >= 0.6 is 11.6 Å². The molecule has 2 atom stereocenters. The summed E-state index contributed by atoms with van der Waals surface area (Å²) in [5.74, 6) is 0.128. The molecule has 1 aliphatic heterocycles. The van der Waals surface area contributed by atoms with Gasteiger partial charge < -0.3 is 15.4 Å². The Morgan fingerprint density at radius 3 is 2.96 bits per heavy atom. The van der Waals surface area contributed by atoms with Crippen LogP contribution in [0.5, 0.6) is 0 Å². The van der Waals surface area contributed by atoms with Gasteiger partial charge in [0.1, 0.15) is 11.9 Å². The Labute approximate surface area is 162 Å². The van der Waals surface area contributed by atoms with Crippen molar-refractivity contribution in [1.29, 1.82) is 0 Å². The number of carbonyl (C=O) groups is 1. The zero-order valence-corrected chi connectivity index (χ0v) is 15.8. The number of urea groups is 1. The lowest BCUT2D eigenvalue weighted by molar-refractivity contribution is 0.0926. The van der Waals surface area contributed by atoms with Crippen molar-refractivity contribution in [2.75, 3.05) is 11.9 Å². The molecule has 8 heteroatoms. The van der Waals surface area contributed by atoms with E-state index in [-0.39, 0.29) is 22.9 Å². The quantitative estimate of drug-likeness (QED) is 0.806. The number of hydrogen-bond donors (Lipinski definition) is 2. The van der Waals surface area contributed by atoms with Crippen LogP contribution < -0.4 is 10.6 Å². The highest BCUT2D eigenvalue weighted by molar-refractivity contribution is 6.33. The van der Waals surface area contributed by atoms with Crippen LogP contribution in [0.4, 0.5) is 14.9 Å². The first-order valence-electron chi connectivity index (χ1n) is 9.17. The number of carbonyl (C=O) groups excluding carboxylic acids is 1. The number of nitrogens with zero attached hydrogens (tertiary/aromatic N) is 2. The minimum Gasteiger partial charge on any atom is -0.370 e. The van der Waals surface area contributed by atoms with E-state index < -0.39 is 11.8 Å². The smallest absolute Gasteiger partial charge is 0.319 e. The summed E-state index contributed by atoms with van der Waals surface area (Å²) in [6.07, 6.45) is 4.64. The number of halogens is 2. The highest BCUT2D eigenvalue weighted by Gasteiger charge is 2.34. The van der Waals surface area contributed by atoms with Gasteiger partial charge in [-0.1, -0.05) is 11.6 Å². The van der Waals surface area contributed by atoms with Gasteiger partial charge in [0, 0.05) is 19.3 Å². The van der Waals surface area contributed by atoms with Gasteiger partial charge in [-0.25, -0.2) is 9.18 Å². The number of anilines is 1. The van der Waals surface area contributed by atoms with Gasteiger partial charge in [-0.2, -0.15) is 5.10 Å². The Hall–Kier alpha value is -2.12. The number of amides is 2. The molecule has 1 aromatic heterocycles. The Morgan fingerprint density at radius 1 is 1.41 bits per heavy atom. The van der Waals surface area contributed by atoms with Gasteiger partial charge in [0.25, 0.3) is 0 Å². The predicted molar refractivity (Wildman–Crippen MR) is 100 cm³/mol. The Morgan fingerprint density at radius 2 is 2.22 bits per heavy atom. The number of rotatable bonds is 5. The van der Waals surface area contributed by atoms with E-state index in [0.717, 1.165) is 12.2 Å². The second-order valence-corrected chi connectivity index (χ2v) is 7.68. The monoisotopic (exact) mass is 392 g/mol. The topological polar surface area (TPSA) is 68.2 Å². The molecule has 2 N–H and O–H groups in total. The van der Waals surface area contributed by atoms with Crippen LogP contribution in [-0.4, -0.2) is 28.5 Å². The van der Waals surface area contributed by atoms with Gasteiger partial charge in [-0.15, -0.1) is 0 Å². The first-order valence-corrected chi connectivity index (χ1v) is 9.55. The lowest BCUT2D eigenvalue weighted by atomic mass is 10.1. The molecule has 144 valence electrons. The van der Waals surface area contributed by atoms with E-state index in [0.29, 0.717) is 24.5 Å². The van der Waals surface area contributed by atoms with E-state index in [1.54, 1.807) is 19.2 Å². The summed E-state index contributed by atoms with van der Waals surface area (Å²) in [5, 5.41) is 9.98. The number of aromatic nitrogens is 2. The summed E-state index contributed by atoms with van der Waals surface area (Å²) in [5.41, 5.74) is 1.63. The fourth-order valence-electron chi connectivity index (χ4n) is 3.45. The first-order chi connectivity index (χ1) is 13.0. The highest BCUT2D eigenvalue weighted by Crippen LogP contribution is 2.34. The van der Waals surface area contributed by atoms with E-state index >= 15 is 0 Å². The number of hydrogen-bond acceptors (Lipinski definition) is 3. The molecule has 1 saturated carbocycles. The SMILES string of the molecule is Cc1cc(F)c(NC(=O)N[C@@H]2CCO[C@H]2c2ccnn2CC2CC2)c(Cl)c1. The molecule has 27 heavy (non-hydrogen) atoms. The van der Waals surface area contributed by atoms with E-state index in [2.05, 4.69) is 15.7 Å². The maximum absolute atomic E-state index is 14.1. The summed E-state index contributed by atoms with van der Waals surface area (Å²) in [7, 11) is 0. The maximum atomic E-state index is 14.1. The second-order valence-electron chi connectivity index (χ2n) is 7.27. The number of benzene rings is 1. The van der Waals surface area contributed by atoms with Gasteiger partial charge in [0.05, 0.1) is 22.4 Å². The molecule has 2 heterocycles. The number of ether oxygens (including phenoxy) is 1. The third-order valence-corrected chi connectivity index (χ3v) is 5.30. The predicted octanol–water partition coefficient (Wildman–Crippen LogP) is 4.05. The van der Waals surface area contributed by atoms with Crippen molar-refractivity contribution in [1.82, 2.24) is 15.1 Å². The minimum atomic E-state index is -0.558. The van der Waals surface area contributed by atoms with Crippen molar-refractivity contribution in [3.63, 3.8) is 0 Å². The van der Waals surface area contributed by atoms with E-state index in [1.165, 1.54) is 18.9 Å². The van der Waals surface area contributed by atoms with Crippen molar-refractivity contribution in [3.05, 3.63) is 46.5 Å². The molecule has 6 nitrogen and oxygen atoms in total. The third-order valence-electron chi connectivity index (χ3n) is 5.00. The van der Waals surface area contributed by atoms with Crippen LogP contribution in [0.25, 0.3) is 0 Å². The lowest BCUT2D eigenvalue weighted by Gasteiger charge is -2.21. The van der Waals surface area contributed by atoms with Crippen LogP contribution in [0.3, 0.4) is 0 Å². The van der Waals surface area contributed by atoms with Gasteiger partial charge in [-0.3, -0.25) is 4.68 Å². The van der Waals surface area contributed by atoms with Crippen LogP contribution in [0.15, 0.2) is 24.4 Å². The molecule has 1 aromatic carbocycles. The van der Waals surface area contributed by atoms with Crippen LogP contribution in [0.2, 0.25) is 5.02 Å². The second kappa shape index (κ2) is 7.48. The molecule has 1 saturated heterocycles. The van der Waals surface area contributed by atoms with Gasteiger partial charge in [0.15, 0.2) is 0 Å². The van der Waals surface area contributed by atoms with E-state index in [9.17, 15) is 9.18 Å². The average Bonchev–Trinajstić information content (AvgIpc) is 3.10. The fraction of sp³-hybridized carbons (Fsp3) is 0.474. The summed E-state index contributed by atoms with van der Waals surface area (Å²) in [6.45, 7) is 3.17. The summed E-state index contributed by atoms with van der Waals surface area (Å²) < 4.78 is 21.9. The van der Waals surface area contributed by atoms with Crippen LogP contribution in [0.1, 0.15) is 36.6 Å². The zero-order chi connectivity index (χ0) is 19.0. The molecule has 4 rings (SSSR count). The Kier molecular flexibility index (Phi) is 5.06. The molecule has 0 radical (unpaired) electrons. The lowest BCUT2D eigenvalue weighted by Crippen LogP contribution is -2.40. The van der Waals surface area contributed by atoms with Crippen LogP contribution in [0, 0.1) is 18.7 Å². The number of nitrogens with one attached hydrogen (secondary N) is 2. The van der Waals surface area contributed by atoms with Crippen molar-refractivity contribution in [3.8, 4) is 0 Å². The van der Waals surface area contributed by atoms with E-state index in [4.69, 9.17) is 16.3 Å². The van der Waals surface area contributed by atoms with Gasteiger partial charge in [0.2, 0.25) is 0 Å². The number of aryl methyl sites for hydroxylation is 1. The average molecular weight is 393 g/mol. The Bertz CT molecular complexity index is 829.